The van der Waals surface area contributed by atoms with Gasteiger partial charge in [0.05, 0.1) is 33.6 Å². The van der Waals surface area contributed by atoms with Crippen LogP contribution in [0.2, 0.25) is 0 Å². The first kappa shape index (κ1) is 37.4. The highest BCUT2D eigenvalue weighted by Gasteiger charge is 2.29. The van der Waals surface area contributed by atoms with Crippen LogP contribution in [0.4, 0.5) is 51.3 Å². The second-order valence-electron chi connectivity index (χ2n) is 15.5. The number of benzene rings is 8. The lowest BCUT2D eigenvalue weighted by Gasteiger charge is -2.35. The van der Waals surface area contributed by atoms with E-state index in [1.807, 2.05) is 18.2 Å². The van der Waals surface area contributed by atoms with Crippen LogP contribution in [0.1, 0.15) is 0 Å². The van der Waals surface area contributed by atoms with Crippen LogP contribution >= 0.6 is 11.8 Å². The molecule has 7 nitrogen and oxygen atoms in total. The van der Waals surface area contributed by atoms with Gasteiger partial charge in [0, 0.05) is 72.6 Å². The molecule has 0 aliphatic carbocycles. The zero-order valence-electron chi connectivity index (χ0n) is 34.4. The predicted molar refractivity (Wildman–Crippen MR) is 264 cm³/mol. The Labute approximate surface area is 374 Å². The standard InChI is InChI=1S/C56H37N7S/c1-6-16-38(17-7-1)47-30-28-45-53-54(58-35-34-57-53)46-29-33-52(60-56(46)55(45)59-47)63-48-31-26-43(61(39-18-8-2-9-19-39)40-20-10-3-11-21-40)36-50(48)64-51-37-44(27-32-49(51)63)62(41-22-12-4-13-23-41)42-24-14-5-15-25-42/h1-37H. The Balaban J connectivity index is 1.08. The second-order valence-corrected chi connectivity index (χ2v) is 16.6. The van der Waals surface area contributed by atoms with Crippen LogP contribution in [0.25, 0.3) is 44.1 Å². The number of hydrogen-bond acceptors (Lipinski definition) is 8. The molecule has 11 aromatic rings. The van der Waals surface area contributed by atoms with Crippen molar-refractivity contribution in [2.45, 2.75) is 9.79 Å². The maximum atomic E-state index is 5.58. The molecule has 0 radical (unpaired) electrons. The van der Waals surface area contributed by atoms with Crippen molar-refractivity contribution in [2.75, 3.05) is 14.7 Å². The van der Waals surface area contributed by atoms with Gasteiger partial charge in [0.15, 0.2) is 0 Å². The summed E-state index contributed by atoms with van der Waals surface area (Å²) < 4.78 is 0. The summed E-state index contributed by atoms with van der Waals surface area (Å²) in [6.07, 6.45) is 3.49. The Morgan fingerprint density at radius 1 is 0.359 bits per heavy atom. The molecule has 8 heteroatoms. The quantitative estimate of drug-likeness (QED) is 0.140. The smallest absolute Gasteiger partial charge is 0.138 e. The topological polar surface area (TPSA) is 61.3 Å². The molecule has 0 spiro atoms. The van der Waals surface area contributed by atoms with E-state index in [4.69, 9.17) is 19.9 Å². The van der Waals surface area contributed by atoms with Crippen LogP contribution in [0.15, 0.2) is 235 Å². The van der Waals surface area contributed by atoms with Gasteiger partial charge in [-0.25, -0.2) is 9.97 Å². The molecule has 0 saturated carbocycles. The van der Waals surface area contributed by atoms with Crippen molar-refractivity contribution in [1.82, 2.24) is 19.9 Å². The third kappa shape index (κ3) is 6.56. The predicted octanol–water partition coefficient (Wildman–Crippen LogP) is 15.3. The van der Waals surface area contributed by atoms with E-state index in [9.17, 15) is 0 Å². The molecular formula is C56H37N7S. The van der Waals surface area contributed by atoms with Gasteiger partial charge in [0.1, 0.15) is 11.3 Å². The fraction of sp³-hybridized carbons (Fsp3) is 0. The summed E-state index contributed by atoms with van der Waals surface area (Å²) in [6, 6.07) is 74.4. The minimum absolute atomic E-state index is 0.770. The highest BCUT2D eigenvalue weighted by Crippen LogP contribution is 2.54. The maximum absolute atomic E-state index is 5.58. The number of anilines is 9. The molecule has 0 bridgehead atoms. The Bertz CT molecular complexity index is 3270. The number of aromatic nitrogens is 4. The molecule has 302 valence electrons. The van der Waals surface area contributed by atoms with Crippen molar-refractivity contribution >= 4 is 95.9 Å². The Morgan fingerprint density at radius 3 is 1.25 bits per heavy atom. The molecule has 0 atom stereocenters. The van der Waals surface area contributed by atoms with E-state index in [1.165, 1.54) is 0 Å². The molecule has 0 unspecified atom stereocenters. The van der Waals surface area contributed by atoms with Gasteiger partial charge in [-0.3, -0.25) is 14.9 Å². The summed E-state index contributed by atoms with van der Waals surface area (Å²) in [5.74, 6) is 0.776. The van der Waals surface area contributed by atoms with Crippen molar-refractivity contribution in [3.8, 4) is 11.3 Å². The van der Waals surface area contributed by atoms with Crippen LogP contribution in [0, 0.1) is 0 Å². The van der Waals surface area contributed by atoms with Crippen molar-refractivity contribution in [1.29, 1.82) is 0 Å². The molecule has 0 fully saturated rings. The fourth-order valence-corrected chi connectivity index (χ4v) is 9.92. The van der Waals surface area contributed by atoms with Crippen molar-refractivity contribution in [3.05, 3.63) is 225 Å². The minimum Gasteiger partial charge on any atom is -0.310 e. The zero-order valence-corrected chi connectivity index (χ0v) is 35.2. The summed E-state index contributed by atoms with van der Waals surface area (Å²) >= 11 is 1.78. The van der Waals surface area contributed by atoms with E-state index in [-0.39, 0.29) is 0 Å². The molecule has 12 rings (SSSR count). The summed E-state index contributed by atoms with van der Waals surface area (Å²) in [5, 5.41) is 1.81. The largest absolute Gasteiger partial charge is 0.310 e. The molecule has 3 aromatic heterocycles. The van der Waals surface area contributed by atoms with E-state index in [2.05, 4.69) is 209 Å². The van der Waals surface area contributed by atoms with Crippen LogP contribution in [-0.4, -0.2) is 19.9 Å². The van der Waals surface area contributed by atoms with Gasteiger partial charge in [-0.1, -0.05) is 115 Å². The first-order valence-corrected chi connectivity index (χ1v) is 22.0. The zero-order chi connectivity index (χ0) is 42.4. The second kappa shape index (κ2) is 15.9. The van der Waals surface area contributed by atoms with E-state index in [1.54, 1.807) is 24.2 Å². The summed E-state index contributed by atoms with van der Waals surface area (Å²) in [6.45, 7) is 0. The molecule has 0 N–H and O–H groups in total. The lowest BCUT2D eigenvalue weighted by atomic mass is 10.0. The molecule has 1 aliphatic heterocycles. The van der Waals surface area contributed by atoms with Gasteiger partial charge in [-0.15, -0.1) is 0 Å². The highest BCUT2D eigenvalue weighted by molar-refractivity contribution is 7.99. The van der Waals surface area contributed by atoms with Crippen LogP contribution in [0.3, 0.4) is 0 Å². The lowest BCUT2D eigenvalue weighted by Crippen LogP contribution is -2.18. The van der Waals surface area contributed by atoms with Crippen LogP contribution in [-0.2, 0) is 0 Å². The third-order valence-electron chi connectivity index (χ3n) is 11.7. The summed E-state index contributed by atoms with van der Waals surface area (Å²) in [5.41, 5.74) is 13.6. The fourth-order valence-electron chi connectivity index (χ4n) is 8.79. The lowest BCUT2D eigenvalue weighted by molar-refractivity contribution is 1.12. The Morgan fingerprint density at radius 2 is 0.781 bits per heavy atom. The first-order valence-electron chi connectivity index (χ1n) is 21.2. The maximum Gasteiger partial charge on any atom is 0.138 e. The molecular weight excluding hydrogens is 803 g/mol. The number of para-hydroxylation sites is 4. The van der Waals surface area contributed by atoms with Crippen molar-refractivity contribution in [2.24, 2.45) is 0 Å². The molecule has 8 aromatic carbocycles. The normalized spacial score (nSPS) is 12.0. The molecule has 0 amide bonds. The summed E-state index contributed by atoms with van der Waals surface area (Å²) in [7, 11) is 0. The summed E-state index contributed by atoms with van der Waals surface area (Å²) in [4.78, 5) is 29.7. The van der Waals surface area contributed by atoms with Gasteiger partial charge < -0.3 is 9.80 Å². The molecule has 1 aliphatic rings. The Hall–Kier alpha value is -8.33. The van der Waals surface area contributed by atoms with Crippen LogP contribution < -0.4 is 14.7 Å². The highest BCUT2D eigenvalue weighted by atomic mass is 32.2. The van der Waals surface area contributed by atoms with Gasteiger partial charge in [-0.2, -0.15) is 0 Å². The number of hydrogen-bond donors (Lipinski definition) is 0. The van der Waals surface area contributed by atoms with Crippen molar-refractivity contribution in [3.63, 3.8) is 0 Å². The minimum atomic E-state index is 0.770. The van der Waals surface area contributed by atoms with Gasteiger partial charge in [0.2, 0.25) is 0 Å². The number of pyridine rings is 2. The number of rotatable bonds is 8. The van der Waals surface area contributed by atoms with Gasteiger partial charge in [0.25, 0.3) is 0 Å². The molecule has 0 saturated heterocycles. The van der Waals surface area contributed by atoms with E-state index >= 15 is 0 Å². The van der Waals surface area contributed by atoms with E-state index in [0.717, 1.165) is 105 Å². The third-order valence-corrected chi connectivity index (χ3v) is 12.8. The van der Waals surface area contributed by atoms with E-state index < -0.39 is 0 Å². The molecule has 64 heavy (non-hydrogen) atoms. The van der Waals surface area contributed by atoms with Crippen LogP contribution in [0.5, 0.6) is 0 Å². The average molecular weight is 840 g/mol. The van der Waals surface area contributed by atoms with Gasteiger partial charge in [-0.05, 0) is 109 Å². The van der Waals surface area contributed by atoms with Gasteiger partial charge >= 0.3 is 0 Å². The van der Waals surface area contributed by atoms with E-state index in [0.29, 0.717) is 0 Å². The number of fused-ring (bicyclic) bond motifs is 8. The molecule has 4 heterocycles. The Kier molecular flexibility index (Phi) is 9.27. The average Bonchev–Trinajstić information content (AvgIpc) is 3.37. The van der Waals surface area contributed by atoms with Crippen molar-refractivity contribution < 1.29 is 0 Å². The monoisotopic (exact) mass is 839 g/mol. The SMILES string of the molecule is c1ccc(-c2ccc3c4nccnc4c4ccc(N5c6ccc(N(c7ccccc7)c7ccccc7)cc6Sc6cc(N(c7ccccc7)c7ccccc7)ccc65)nc4c3n2)cc1. The number of nitrogens with zero attached hydrogens (tertiary/aromatic N) is 7. The first-order chi connectivity index (χ1) is 31.7.